The first-order valence-corrected chi connectivity index (χ1v) is 25.1. The number of hydrogen-bond donors (Lipinski definition) is 1. The molecule has 2 saturated heterocycles. The van der Waals surface area contributed by atoms with Crippen molar-refractivity contribution >= 4 is 70.6 Å². The fraction of sp³-hybridized carbons (Fsp3) is 0.292. The zero-order valence-corrected chi connectivity index (χ0v) is 38.9. The zero-order chi connectivity index (χ0) is 46.6. The minimum Gasteiger partial charge on any atom is -0.481 e. The molecule has 0 saturated carbocycles. The van der Waals surface area contributed by atoms with Crippen LogP contribution in [0, 0.1) is 10.1 Å². The molecule has 2 aliphatic rings. The molecule has 3 aromatic heterocycles. The van der Waals surface area contributed by atoms with E-state index >= 15 is 0 Å². The normalized spacial score (nSPS) is 15.9. The molecule has 0 radical (unpaired) electrons. The standard InChI is InChI=1S/C24H26N4O5S.C24H26N4O3S/c1-33-24-21(16-19-5-3-4-6-22(19)25-24)9-8-20-15-18(7-10-23(20)28(29)30)17-26-11-13-27(14-12-26)34(2,31)32;1-31-24-20(14-18-5-3-4-6-21(18)26-24)23-15-19-13-17(7-8-22(19)25-23)16-27-9-11-28(12-10-27)32(2,29)30/h3-10,15-16H,11-14,17H2,1-2H3;3-8,13-15,25H,9-12,16H2,1-2H3/b9-8+;. The quantitative estimate of drug-likeness (QED) is 0.0993. The van der Waals surface area contributed by atoms with Crippen LogP contribution in [-0.2, 0) is 33.1 Å². The van der Waals surface area contributed by atoms with E-state index in [2.05, 4.69) is 61.1 Å². The number of H-pyrrole nitrogens is 1. The molecular weight excluding hydrogens is 881 g/mol. The van der Waals surface area contributed by atoms with Crippen LogP contribution in [0.15, 0.2) is 103 Å². The van der Waals surface area contributed by atoms with E-state index in [1.165, 1.54) is 28.4 Å². The number of para-hydroxylation sites is 2. The second-order valence-electron chi connectivity index (χ2n) is 16.5. The van der Waals surface area contributed by atoms with E-state index in [4.69, 9.17) is 9.47 Å². The Morgan fingerprint density at radius 3 is 1.70 bits per heavy atom. The smallest absolute Gasteiger partial charge is 0.276 e. The van der Waals surface area contributed by atoms with Gasteiger partial charge in [-0.2, -0.15) is 8.61 Å². The SMILES string of the molecule is COc1nc2ccccc2cc1-c1cc2cc(CN3CCN(S(C)(=O)=O)CC3)ccc2[nH]1.COc1nc2ccccc2cc1/C=C/c1cc(CN2CCN(S(C)(=O)=O)CC2)ccc1[N+](=O)[O-]. The molecule has 0 amide bonds. The summed E-state index contributed by atoms with van der Waals surface area (Å²) in [7, 11) is -3.11. The van der Waals surface area contributed by atoms with Gasteiger partial charge in [0.25, 0.3) is 5.69 Å². The maximum Gasteiger partial charge on any atom is 0.276 e. The van der Waals surface area contributed by atoms with Gasteiger partial charge in [-0.15, -0.1) is 0 Å². The molecule has 5 heterocycles. The van der Waals surface area contributed by atoms with Crippen molar-refractivity contribution in [2.75, 3.05) is 79.1 Å². The molecule has 18 heteroatoms. The largest absolute Gasteiger partial charge is 0.481 e. The van der Waals surface area contributed by atoms with E-state index in [9.17, 15) is 26.9 Å². The van der Waals surface area contributed by atoms with E-state index in [1.54, 1.807) is 42.8 Å². The van der Waals surface area contributed by atoms with Gasteiger partial charge in [-0.05, 0) is 71.8 Å². The van der Waals surface area contributed by atoms with E-state index in [0.29, 0.717) is 63.1 Å². The van der Waals surface area contributed by atoms with Crippen LogP contribution in [-0.4, -0.2) is 134 Å². The highest BCUT2D eigenvalue weighted by atomic mass is 32.2. The van der Waals surface area contributed by atoms with Crippen LogP contribution >= 0.6 is 0 Å². The molecular formula is C48H52N8O8S2. The Labute approximate surface area is 384 Å². The lowest BCUT2D eigenvalue weighted by molar-refractivity contribution is -0.385. The van der Waals surface area contributed by atoms with Gasteiger partial charge in [-0.25, -0.2) is 26.8 Å². The number of fused-ring (bicyclic) bond motifs is 3. The number of nitro groups is 1. The Morgan fingerprint density at radius 1 is 0.621 bits per heavy atom. The third-order valence-electron chi connectivity index (χ3n) is 11.9. The molecule has 16 nitrogen and oxygen atoms in total. The summed E-state index contributed by atoms with van der Waals surface area (Å²) in [6.07, 6.45) is 5.98. The lowest BCUT2D eigenvalue weighted by Gasteiger charge is -2.33. The average Bonchev–Trinajstić information content (AvgIpc) is 3.73. The summed E-state index contributed by atoms with van der Waals surface area (Å²) in [6.45, 7) is 6.04. The molecule has 7 aromatic rings. The van der Waals surface area contributed by atoms with Crippen LogP contribution in [0.2, 0.25) is 0 Å². The number of nitrogens with zero attached hydrogens (tertiary/aromatic N) is 7. The number of aromatic nitrogens is 3. The Morgan fingerprint density at radius 2 is 1.14 bits per heavy atom. The van der Waals surface area contributed by atoms with Gasteiger partial charge in [-0.1, -0.05) is 48.5 Å². The number of benzene rings is 4. The van der Waals surface area contributed by atoms with Crippen molar-refractivity contribution in [3.63, 3.8) is 0 Å². The minimum atomic E-state index is -3.19. The summed E-state index contributed by atoms with van der Waals surface area (Å²) in [5.41, 5.74) is 8.00. The predicted molar refractivity (Wildman–Crippen MR) is 259 cm³/mol. The molecule has 1 N–H and O–H groups in total. The number of pyridine rings is 2. The van der Waals surface area contributed by atoms with Crippen molar-refractivity contribution in [2.45, 2.75) is 13.1 Å². The number of hydrogen-bond acceptors (Lipinski definition) is 12. The molecule has 0 bridgehead atoms. The van der Waals surface area contributed by atoms with Crippen molar-refractivity contribution in [1.29, 1.82) is 0 Å². The Balaban J connectivity index is 0.000000180. The van der Waals surface area contributed by atoms with E-state index in [-0.39, 0.29) is 5.69 Å². The lowest BCUT2D eigenvalue weighted by Crippen LogP contribution is -2.47. The fourth-order valence-corrected chi connectivity index (χ4v) is 10.1. The maximum absolute atomic E-state index is 11.7. The first kappa shape index (κ1) is 46.3. The van der Waals surface area contributed by atoms with Crippen molar-refractivity contribution in [2.24, 2.45) is 0 Å². The molecule has 2 fully saturated rings. The number of rotatable bonds is 12. The monoisotopic (exact) mass is 932 g/mol. The van der Waals surface area contributed by atoms with Gasteiger partial charge in [0, 0.05) is 98.8 Å². The first-order valence-electron chi connectivity index (χ1n) is 21.4. The first-order chi connectivity index (χ1) is 31.6. The fourth-order valence-electron chi connectivity index (χ4n) is 8.41. The van der Waals surface area contributed by atoms with Gasteiger partial charge in [-0.3, -0.25) is 19.9 Å². The van der Waals surface area contributed by atoms with Crippen LogP contribution in [0.3, 0.4) is 0 Å². The second kappa shape index (κ2) is 19.7. The summed E-state index contributed by atoms with van der Waals surface area (Å²) in [5.74, 6) is 1.04. The van der Waals surface area contributed by atoms with Crippen molar-refractivity contribution in [1.82, 2.24) is 33.4 Å². The summed E-state index contributed by atoms with van der Waals surface area (Å²) in [6, 6.07) is 33.3. The van der Waals surface area contributed by atoms with Crippen molar-refractivity contribution in [3.8, 4) is 23.0 Å². The van der Waals surface area contributed by atoms with E-state index in [0.717, 1.165) is 74.7 Å². The molecule has 0 spiro atoms. The Kier molecular flexibility index (Phi) is 13.8. The number of piperazine rings is 2. The third-order valence-corrected chi connectivity index (χ3v) is 14.5. The van der Waals surface area contributed by atoms with Gasteiger partial charge in [0.2, 0.25) is 31.8 Å². The topological polar surface area (TPSA) is 184 Å². The van der Waals surface area contributed by atoms with Gasteiger partial charge in [0.1, 0.15) is 0 Å². The van der Waals surface area contributed by atoms with Crippen LogP contribution < -0.4 is 9.47 Å². The van der Waals surface area contributed by atoms with Crippen molar-refractivity contribution in [3.05, 3.63) is 135 Å². The van der Waals surface area contributed by atoms with Crippen LogP contribution in [0.4, 0.5) is 5.69 Å². The van der Waals surface area contributed by atoms with E-state index in [1.807, 2.05) is 48.5 Å². The number of aromatic amines is 1. The number of sulfonamides is 2. The molecule has 344 valence electrons. The molecule has 0 unspecified atom stereocenters. The number of nitrogens with one attached hydrogen (secondary N) is 1. The van der Waals surface area contributed by atoms with Crippen LogP contribution in [0.5, 0.6) is 11.8 Å². The number of nitro benzene ring substituents is 1. The molecule has 0 aliphatic carbocycles. The van der Waals surface area contributed by atoms with E-state index < -0.39 is 25.0 Å². The minimum absolute atomic E-state index is 0.00890. The van der Waals surface area contributed by atoms with Gasteiger partial charge < -0.3 is 14.5 Å². The zero-order valence-electron chi connectivity index (χ0n) is 37.3. The molecule has 9 rings (SSSR count). The maximum atomic E-state index is 11.7. The molecule has 2 aliphatic heterocycles. The second-order valence-corrected chi connectivity index (χ2v) is 20.4. The predicted octanol–water partition coefficient (Wildman–Crippen LogP) is 6.87. The van der Waals surface area contributed by atoms with Crippen molar-refractivity contribution < 1.29 is 31.2 Å². The van der Waals surface area contributed by atoms with Gasteiger partial charge in [0.15, 0.2) is 0 Å². The lowest BCUT2D eigenvalue weighted by atomic mass is 10.1. The van der Waals surface area contributed by atoms with Crippen LogP contribution in [0.1, 0.15) is 22.3 Å². The summed E-state index contributed by atoms with van der Waals surface area (Å²) < 4.78 is 60.9. The molecule has 0 atom stereocenters. The average molecular weight is 933 g/mol. The summed E-state index contributed by atoms with van der Waals surface area (Å²) in [5, 5.41) is 14.8. The highest BCUT2D eigenvalue weighted by molar-refractivity contribution is 7.88. The highest BCUT2D eigenvalue weighted by Gasteiger charge is 2.25. The summed E-state index contributed by atoms with van der Waals surface area (Å²) >= 11 is 0. The highest BCUT2D eigenvalue weighted by Crippen LogP contribution is 2.34. The summed E-state index contributed by atoms with van der Waals surface area (Å²) in [4.78, 5) is 28.4. The Bertz CT molecular complexity index is 3160. The van der Waals surface area contributed by atoms with Gasteiger partial charge >= 0.3 is 0 Å². The number of ether oxygens (including phenoxy) is 2. The molecule has 4 aromatic carbocycles. The van der Waals surface area contributed by atoms with Gasteiger partial charge in [0.05, 0.1) is 59.5 Å². The molecule has 66 heavy (non-hydrogen) atoms. The number of methoxy groups -OCH3 is 2. The third kappa shape index (κ3) is 10.9. The Hall–Kier alpha value is -6.28. The van der Waals surface area contributed by atoms with Crippen LogP contribution in [0.25, 0.3) is 56.1 Å².